The molecule has 3 aromatic rings. The molecule has 3 aromatic carbocycles. The van der Waals surface area contributed by atoms with E-state index in [9.17, 15) is 30.4 Å². The summed E-state index contributed by atoms with van der Waals surface area (Å²) in [6.45, 7) is 0. The van der Waals surface area contributed by atoms with Crippen LogP contribution in [0.25, 0.3) is 0 Å². The predicted molar refractivity (Wildman–Crippen MR) is 99.1 cm³/mol. The van der Waals surface area contributed by atoms with Gasteiger partial charge in [0.2, 0.25) is 15.7 Å². The first kappa shape index (κ1) is 21.9. The predicted octanol–water partition coefficient (Wildman–Crippen LogP) is 3.67. The average molecular weight is 442 g/mol. The van der Waals surface area contributed by atoms with Crippen molar-refractivity contribution in [3.05, 3.63) is 101 Å². The Hall–Kier alpha value is -2.82. The summed E-state index contributed by atoms with van der Waals surface area (Å²) in [5.41, 5.74) is 12.3. The highest BCUT2D eigenvalue weighted by molar-refractivity contribution is 7.92. The fourth-order valence-electron chi connectivity index (χ4n) is 3.10. The van der Waals surface area contributed by atoms with Crippen LogP contribution in [-0.4, -0.2) is 8.42 Å². The first-order chi connectivity index (χ1) is 14.0. The largest absolute Gasteiger partial charge is 0.321 e. The van der Waals surface area contributed by atoms with Gasteiger partial charge in [0.25, 0.3) is 0 Å². The van der Waals surface area contributed by atoms with Gasteiger partial charge in [-0.05, 0) is 11.1 Å². The molecular formula is C20H15F5N2O2S. The van der Waals surface area contributed by atoms with E-state index in [-0.39, 0.29) is 11.1 Å². The molecule has 4 nitrogen and oxygen atoms in total. The molecule has 4 N–H and O–H groups in total. The summed E-state index contributed by atoms with van der Waals surface area (Å²) in [6.07, 6.45) is 0. The molecule has 0 saturated carbocycles. The fraction of sp³-hybridized carbons (Fsp3) is 0.100. The molecule has 0 radical (unpaired) electrons. The van der Waals surface area contributed by atoms with Crippen molar-refractivity contribution in [3.63, 3.8) is 0 Å². The summed E-state index contributed by atoms with van der Waals surface area (Å²) in [5, 5.41) is 0. The third kappa shape index (κ3) is 3.17. The van der Waals surface area contributed by atoms with Gasteiger partial charge < -0.3 is 11.5 Å². The van der Waals surface area contributed by atoms with Crippen molar-refractivity contribution < 1.29 is 30.4 Å². The van der Waals surface area contributed by atoms with Gasteiger partial charge in [-0.3, -0.25) is 0 Å². The second-order valence-electron chi connectivity index (χ2n) is 6.45. The molecule has 3 rings (SSSR count). The van der Waals surface area contributed by atoms with Crippen LogP contribution in [0.3, 0.4) is 0 Å². The van der Waals surface area contributed by atoms with Crippen molar-refractivity contribution in [2.75, 3.05) is 0 Å². The molecule has 0 aromatic heterocycles. The SMILES string of the molecule is NC(c1ccccc1)C(N)(c1ccccc1)S(=O)(=O)c1c(F)c(F)c(F)c(F)c1F. The number of rotatable bonds is 5. The lowest BCUT2D eigenvalue weighted by atomic mass is 9.94. The number of sulfone groups is 1. The van der Waals surface area contributed by atoms with Crippen LogP contribution in [0.2, 0.25) is 0 Å². The Bertz CT molecular complexity index is 1160. The maximum absolute atomic E-state index is 14.4. The summed E-state index contributed by atoms with van der Waals surface area (Å²) < 4.78 is 96.5. The second kappa shape index (κ2) is 7.78. The van der Waals surface area contributed by atoms with Crippen LogP contribution >= 0.6 is 0 Å². The maximum Gasteiger partial charge on any atom is 0.209 e. The number of nitrogens with two attached hydrogens (primary N) is 2. The Morgan fingerprint density at radius 2 is 1.10 bits per heavy atom. The highest BCUT2D eigenvalue weighted by atomic mass is 32.2. The second-order valence-corrected chi connectivity index (χ2v) is 8.54. The van der Waals surface area contributed by atoms with Gasteiger partial charge in [0.05, 0.1) is 6.04 Å². The first-order valence-electron chi connectivity index (χ1n) is 8.46. The Kier molecular flexibility index (Phi) is 5.68. The number of hydrogen-bond donors (Lipinski definition) is 2. The van der Waals surface area contributed by atoms with Gasteiger partial charge in [0.15, 0.2) is 28.1 Å². The minimum Gasteiger partial charge on any atom is -0.321 e. The molecule has 0 heterocycles. The molecule has 0 aliphatic carbocycles. The highest BCUT2D eigenvalue weighted by Crippen LogP contribution is 2.42. The Morgan fingerprint density at radius 3 is 1.57 bits per heavy atom. The molecule has 0 fully saturated rings. The smallest absolute Gasteiger partial charge is 0.209 e. The molecule has 0 bridgehead atoms. The van der Waals surface area contributed by atoms with Crippen LogP contribution in [0.1, 0.15) is 17.2 Å². The number of benzene rings is 3. The number of hydrogen-bond acceptors (Lipinski definition) is 4. The Balaban J connectivity index is 2.39. The topological polar surface area (TPSA) is 86.2 Å². The van der Waals surface area contributed by atoms with Gasteiger partial charge in [-0.25, -0.2) is 30.4 Å². The summed E-state index contributed by atoms with van der Waals surface area (Å²) >= 11 is 0. The van der Waals surface area contributed by atoms with Crippen LogP contribution in [0.15, 0.2) is 65.6 Å². The van der Waals surface area contributed by atoms with Crippen LogP contribution in [-0.2, 0) is 14.7 Å². The lowest BCUT2D eigenvalue weighted by molar-refractivity contribution is 0.354. The molecule has 2 unspecified atom stereocenters. The Morgan fingerprint density at radius 1 is 0.700 bits per heavy atom. The fourth-order valence-corrected chi connectivity index (χ4v) is 5.00. The standard InChI is InChI=1S/C20H15F5N2O2S/c21-13-14(22)16(24)18(17(25)15(13)23)30(28,29)20(27,12-9-5-2-6-10-12)19(26)11-7-3-1-4-8-11/h1-10,19H,26-27H2. The third-order valence-electron chi connectivity index (χ3n) is 4.73. The molecule has 0 saturated heterocycles. The summed E-state index contributed by atoms with van der Waals surface area (Å²) in [5.74, 6) is -12.3. The lowest BCUT2D eigenvalue weighted by Gasteiger charge is -2.35. The quantitative estimate of drug-likeness (QED) is 0.273. The van der Waals surface area contributed by atoms with Crippen LogP contribution in [0.5, 0.6) is 0 Å². The molecule has 0 spiro atoms. The van der Waals surface area contributed by atoms with E-state index in [4.69, 9.17) is 11.5 Å². The zero-order valence-corrected chi connectivity index (χ0v) is 15.9. The van der Waals surface area contributed by atoms with E-state index >= 15 is 0 Å². The van der Waals surface area contributed by atoms with Crippen molar-refractivity contribution in [2.45, 2.75) is 15.8 Å². The molecule has 10 heteroatoms. The summed E-state index contributed by atoms with van der Waals surface area (Å²) in [4.78, 5) is -4.81. The molecule has 0 aliphatic rings. The minimum atomic E-state index is -5.47. The van der Waals surface area contributed by atoms with Gasteiger partial charge in [0.1, 0.15) is 4.90 Å². The van der Waals surface area contributed by atoms with Crippen LogP contribution in [0.4, 0.5) is 22.0 Å². The van der Waals surface area contributed by atoms with E-state index in [2.05, 4.69) is 0 Å². The minimum absolute atomic E-state index is 0.163. The van der Waals surface area contributed by atoms with Gasteiger partial charge in [0, 0.05) is 0 Å². The monoisotopic (exact) mass is 442 g/mol. The Labute approximate surface area is 168 Å². The van der Waals surface area contributed by atoms with Crippen molar-refractivity contribution in [1.82, 2.24) is 0 Å². The van der Waals surface area contributed by atoms with E-state index < -0.39 is 54.7 Å². The molecule has 158 valence electrons. The molecule has 30 heavy (non-hydrogen) atoms. The third-order valence-corrected chi connectivity index (χ3v) is 7.00. The van der Waals surface area contributed by atoms with Crippen molar-refractivity contribution >= 4 is 9.84 Å². The summed E-state index contributed by atoms with van der Waals surface area (Å²) in [6, 6.07) is 12.6. The molecule has 2 atom stereocenters. The van der Waals surface area contributed by atoms with E-state index in [0.717, 1.165) is 0 Å². The summed E-state index contributed by atoms with van der Waals surface area (Å²) in [7, 11) is -5.47. The van der Waals surface area contributed by atoms with Gasteiger partial charge in [-0.1, -0.05) is 60.7 Å². The normalized spacial score (nSPS) is 14.9. The first-order valence-corrected chi connectivity index (χ1v) is 9.94. The van der Waals surface area contributed by atoms with Crippen molar-refractivity contribution in [1.29, 1.82) is 0 Å². The maximum atomic E-state index is 14.4. The van der Waals surface area contributed by atoms with Crippen LogP contribution < -0.4 is 11.5 Å². The highest BCUT2D eigenvalue weighted by Gasteiger charge is 2.52. The van der Waals surface area contributed by atoms with Gasteiger partial charge in [-0.2, -0.15) is 0 Å². The van der Waals surface area contributed by atoms with Crippen molar-refractivity contribution in [2.24, 2.45) is 11.5 Å². The molecular weight excluding hydrogens is 427 g/mol. The molecule has 0 amide bonds. The molecule has 0 aliphatic heterocycles. The number of halogens is 5. The average Bonchev–Trinajstić information content (AvgIpc) is 2.76. The van der Waals surface area contributed by atoms with E-state index in [1.807, 2.05) is 0 Å². The van der Waals surface area contributed by atoms with Gasteiger partial charge >= 0.3 is 0 Å². The zero-order chi connectivity index (χ0) is 22.3. The van der Waals surface area contributed by atoms with E-state index in [1.165, 1.54) is 54.6 Å². The van der Waals surface area contributed by atoms with E-state index in [0.29, 0.717) is 0 Å². The van der Waals surface area contributed by atoms with Crippen LogP contribution in [0, 0.1) is 29.1 Å². The van der Waals surface area contributed by atoms with Crippen molar-refractivity contribution in [3.8, 4) is 0 Å². The van der Waals surface area contributed by atoms with Gasteiger partial charge in [-0.15, -0.1) is 0 Å². The van der Waals surface area contributed by atoms with E-state index in [1.54, 1.807) is 6.07 Å². The zero-order valence-electron chi connectivity index (χ0n) is 15.1. The lowest BCUT2D eigenvalue weighted by Crippen LogP contribution is -2.53.